The van der Waals surface area contributed by atoms with Gasteiger partial charge in [-0.25, -0.2) is 14.2 Å². The highest BCUT2D eigenvalue weighted by molar-refractivity contribution is 7.11. The maximum absolute atomic E-state index is 13.4. The van der Waals surface area contributed by atoms with Crippen LogP contribution < -0.4 is 4.74 Å². The van der Waals surface area contributed by atoms with Crippen molar-refractivity contribution in [3.63, 3.8) is 0 Å². The zero-order valence-corrected chi connectivity index (χ0v) is 10.3. The van der Waals surface area contributed by atoms with Gasteiger partial charge in [0, 0.05) is 6.20 Å². The van der Waals surface area contributed by atoms with Gasteiger partial charge in [0.15, 0.2) is 0 Å². The lowest BCUT2D eigenvalue weighted by atomic mass is 10.2. The molecule has 94 valence electrons. The number of hydrogen-bond donors (Lipinski definition) is 1. The van der Waals surface area contributed by atoms with E-state index in [4.69, 9.17) is 9.84 Å². The van der Waals surface area contributed by atoms with Gasteiger partial charge in [-0.3, -0.25) is 0 Å². The second-order valence-corrected chi connectivity index (χ2v) is 4.87. The van der Waals surface area contributed by atoms with E-state index in [-0.39, 0.29) is 12.4 Å². The molecule has 1 aromatic carbocycles. The predicted octanol–water partition coefficient (Wildman–Crippen LogP) is 2.87. The number of rotatable bonds is 4. The summed E-state index contributed by atoms with van der Waals surface area (Å²) in [5, 5.41) is 9.81. The molecule has 2 aromatic rings. The summed E-state index contributed by atoms with van der Waals surface area (Å²) in [4.78, 5) is 15.8. The van der Waals surface area contributed by atoms with Crippen LogP contribution in [0.5, 0.6) is 5.75 Å². The first-order chi connectivity index (χ1) is 8.58. The number of benzene rings is 1. The zero-order valence-electron chi connectivity index (χ0n) is 9.51. The highest BCUT2D eigenvalue weighted by Crippen LogP contribution is 2.23. The van der Waals surface area contributed by atoms with Gasteiger partial charge in [-0.15, -0.1) is 11.3 Å². The van der Waals surface area contributed by atoms with Gasteiger partial charge in [0.05, 0.1) is 9.88 Å². The van der Waals surface area contributed by atoms with Crippen LogP contribution in [0.2, 0.25) is 0 Å². The Balaban J connectivity index is 2.19. The summed E-state index contributed by atoms with van der Waals surface area (Å²) in [6.45, 7) is 2.04. The van der Waals surface area contributed by atoms with Crippen molar-refractivity contribution in [3.8, 4) is 5.75 Å². The Labute approximate surface area is 107 Å². The Bertz CT molecular complexity index is 582. The van der Waals surface area contributed by atoms with Crippen molar-refractivity contribution in [2.24, 2.45) is 0 Å². The molecule has 0 radical (unpaired) electrons. The molecule has 1 heterocycles. The van der Waals surface area contributed by atoms with E-state index >= 15 is 0 Å². The van der Waals surface area contributed by atoms with E-state index in [1.807, 2.05) is 6.92 Å². The van der Waals surface area contributed by atoms with Crippen molar-refractivity contribution >= 4 is 17.3 Å². The molecule has 0 fully saturated rings. The van der Waals surface area contributed by atoms with Crippen molar-refractivity contribution in [3.05, 3.63) is 45.7 Å². The predicted molar refractivity (Wildman–Crippen MR) is 64.5 cm³/mol. The Kier molecular flexibility index (Phi) is 3.57. The maximum Gasteiger partial charge on any atom is 0.342 e. The number of ether oxygens (including phenoxy) is 1. The number of aromatic nitrogens is 1. The summed E-state index contributed by atoms with van der Waals surface area (Å²) in [5.74, 6) is -2.13. The van der Waals surface area contributed by atoms with Crippen LogP contribution in [-0.2, 0) is 6.61 Å². The molecular formula is C12H10FNO3S. The first kappa shape index (κ1) is 12.5. The molecule has 0 aliphatic carbocycles. The maximum atomic E-state index is 13.4. The first-order valence-corrected chi connectivity index (χ1v) is 5.95. The average molecular weight is 267 g/mol. The van der Waals surface area contributed by atoms with Gasteiger partial charge in [-0.2, -0.15) is 0 Å². The van der Waals surface area contributed by atoms with Crippen LogP contribution in [0.25, 0.3) is 0 Å². The fourth-order valence-corrected chi connectivity index (χ4v) is 2.16. The van der Waals surface area contributed by atoms with E-state index in [9.17, 15) is 9.18 Å². The third-order valence-corrected chi connectivity index (χ3v) is 3.11. The minimum atomic E-state index is -1.34. The van der Waals surface area contributed by atoms with Gasteiger partial charge < -0.3 is 9.84 Å². The number of halogens is 1. The SMILES string of the molecule is Cc1ncc(COc2cccc(F)c2C(=O)O)s1. The van der Waals surface area contributed by atoms with Crippen LogP contribution in [0, 0.1) is 12.7 Å². The van der Waals surface area contributed by atoms with Crippen LogP contribution >= 0.6 is 11.3 Å². The molecule has 0 atom stereocenters. The second-order valence-electron chi connectivity index (χ2n) is 3.55. The van der Waals surface area contributed by atoms with Gasteiger partial charge in [-0.1, -0.05) is 6.07 Å². The Morgan fingerprint density at radius 3 is 2.94 bits per heavy atom. The minimum absolute atomic E-state index is 0.0218. The topological polar surface area (TPSA) is 59.4 Å². The molecule has 0 spiro atoms. The van der Waals surface area contributed by atoms with Gasteiger partial charge in [-0.05, 0) is 19.1 Å². The van der Waals surface area contributed by atoms with E-state index in [0.717, 1.165) is 16.0 Å². The van der Waals surface area contributed by atoms with Gasteiger partial charge in [0.25, 0.3) is 0 Å². The summed E-state index contributed by atoms with van der Waals surface area (Å²) < 4.78 is 18.7. The number of aromatic carboxylic acids is 1. The van der Waals surface area contributed by atoms with Crippen LogP contribution in [0.15, 0.2) is 24.4 Å². The molecule has 0 unspecified atom stereocenters. The highest BCUT2D eigenvalue weighted by Gasteiger charge is 2.17. The van der Waals surface area contributed by atoms with Crippen molar-refractivity contribution in [2.45, 2.75) is 13.5 Å². The molecule has 4 nitrogen and oxygen atoms in total. The average Bonchev–Trinajstić information content (AvgIpc) is 2.72. The lowest BCUT2D eigenvalue weighted by Crippen LogP contribution is -2.05. The Hall–Kier alpha value is -1.95. The number of hydrogen-bond acceptors (Lipinski definition) is 4. The molecule has 0 bridgehead atoms. The van der Waals surface area contributed by atoms with Gasteiger partial charge >= 0.3 is 5.97 Å². The Morgan fingerprint density at radius 2 is 2.33 bits per heavy atom. The van der Waals surface area contributed by atoms with E-state index in [2.05, 4.69) is 4.98 Å². The summed E-state index contributed by atoms with van der Waals surface area (Å²) >= 11 is 1.45. The fraction of sp³-hybridized carbons (Fsp3) is 0.167. The molecule has 6 heteroatoms. The van der Waals surface area contributed by atoms with Gasteiger partial charge in [0.2, 0.25) is 0 Å². The van der Waals surface area contributed by atoms with Crippen molar-refractivity contribution < 1.29 is 19.0 Å². The van der Waals surface area contributed by atoms with Crippen molar-refractivity contribution in [2.75, 3.05) is 0 Å². The molecule has 2 rings (SSSR count). The number of carboxylic acid groups (broad SMARTS) is 1. The molecule has 0 saturated carbocycles. The number of carbonyl (C=O) groups is 1. The van der Waals surface area contributed by atoms with Gasteiger partial charge in [0.1, 0.15) is 23.7 Å². The smallest absolute Gasteiger partial charge is 0.342 e. The third kappa shape index (κ3) is 2.65. The molecule has 0 amide bonds. The zero-order chi connectivity index (χ0) is 13.1. The monoisotopic (exact) mass is 267 g/mol. The molecule has 0 saturated heterocycles. The molecular weight excluding hydrogens is 257 g/mol. The largest absolute Gasteiger partial charge is 0.487 e. The van der Waals surface area contributed by atoms with Crippen LogP contribution in [0.1, 0.15) is 20.2 Å². The lowest BCUT2D eigenvalue weighted by molar-refractivity contribution is 0.0686. The summed E-state index contributed by atoms with van der Waals surface area (Å²) in [7, 11) is 0. The fourth-order valence-electron chi connectivity index (χ4n) is 1.45. The van der Waals surface area contributed by atoms with Crippen LogP contribution in [-0.4, -0.2) is 16.1 Å². The second kappa shape index (κ2) is 5.14. The Morgan fingerprint density at radius 1 is 1.56 bits per heavy atom. The van der Waals surface area contributed by atoms with E-state index in [1.165, 1.54) is 23.5 Å². The minimum Gasteiger partial charge on any atom is -0.487 e. The molecule has 0 aliphatic heterocycles. The summed E-state index contributed by atoms with van der Waals surface area (Å²) in [6, 6.07) is 3.93. The van der Waals surface area contributed by atoms with E-state index < -0.39 is 17.3 Å². The lowest BCUT2D eigenvalue weighted by Gasteiger charge is -2.08. The van der Waals surface area contributed by atoms with Crippen LogP contribution in [0.4, 0.5) is 4.39 Å². The molecule has 18 heavy (non-hydrogen) atoms. The molecule has 0 aliphatic rings. The number of nitrogens with zero attached hydrogens (tertiary/aromatic N) is 1. The quantitative estimate of drug-likeness (QED) is 0.925. The van der Waals surface area contributed by atoms with Crippen molar-refractivity contribution in [1.29, 1.82) is 0 Å². The van der Waals surface area contributed by atoms with E-state index in [1.54, 1.807) is 6.20 Å². The van der Waals surface area contributed by atoms with Crippen molar-refractivity contribution in [1.82, 2.24) is 4.98 Å². The number of carboxylic acids is 1. The molecule has 1 N–H and O–H groups in total. The standard InChI is InChI=1S/C12H10FNO3S/c1-7-14-5-8(18-7)6-17-10-4-2-3-9(13)11(10)12(15)16/h2-5H,6H2,1H3,(H,15,16). The number of thiazole rings is 1. The number of aryl methyl sites for hydroxylation is 1. The third-order valence-electron chi connectivity index (χ3n) is 2.23. The highest BCUT2D eigenvalue weighted by atomic mass is 32.1. The van der Waals surface area contributed by atoms with E-state index in [0.29, 0.717) is 0 Å². The molecule has 1 aromatic heterocycles. The summed E-state index contributed by atoms with van der Waals surface area (Å²) in [5.41, 5.74) is -0.446. The summed E-state index contributed by atoms with van der Waals surface area (Å²) in [6.07, 6.45) is 1.65. The normalized spacial score (nSPS) is 10.3. The van der Waals surface area contributed by atoms with Crippen LogP contribution in [0.3, 0.4) is 0 Å². The first-order valence-electron chi connectivity index (χ1n) is 5.14.